The molecule has 2 aromatic heterocycles. The highest BCUT2D eigenvalue weighted by atomic mass is 32.1. The molecule has 2 aromatic rings. The second kappa shape index (κ2) is 5.85. The first-order valence-corrected chi connectivity index (χ1v) is 7.89. The third-order valence-corrected chi connectivity index (χ3v) is 4.74. The first kappa shape index (κ1) is 14.1. The fraction of sp³-hybridized carbons (Fsp3) is 0.500. The Balaban J connectivity index is 1.69. The van der Waals surface area contributed by atoms with Crippen molar-refractivity contribution in [2.45, 2.75) is 39.2 Å². The molecule has 0 aromatic carbocycles. The molecule has 0 saturated carbocycles. The highest BCUT2D eigenvalue weighted by molar-refractivity contribution is 7.15. The Kier molecular flexibility index (Phi) is 3.92. The molecule has 2 N–H and O–H groups in total. The lowest BCUT2D eigenvalue weighted by molar-refractivity contribution is -0.145. The van der Waals surface area contributed by atoms with Crippen molar-refractivity contribution in [3.05, 3.63) is 28.0 Å². The van der Waals surface area contributed by atoms with Gasteiger partial charge >= 0.3 is 5.97 Å². The van der Waals surface area contributed by atoms with Crippen LogP contribution < -0.4 is 5.32 Å². The second-order valence-electron chi connectivity index (χ2n) is 5.04. The van der Waals surface area contributed by atoms with Crippen molar-refractivity contribution in [3.63, 3.8) is 0 Å². The summed E-state index contributed by atoms with van der Waals surface area (Å²) in [5, 5.41) is 11.1. The third-order valence-electron chi connectivity index (χ3n) is 3.65. The van der Waals surface area contributed by atoms with Crippen LogP contribution in [0, 0.1) is 6.92 Å². The quantitative estimate of drug-likeness (QED) is 0.829. The number of carbonyl (C=O) groups is 1. The first-order valence-electron chi connectivity index (χ1n) is 7.08. The van der Waals surface area contributed by atoms with E-state index in [-0.39, 0.29) is 11.9 Å². The molecule has 0 bridgehead atoms. The van der Waals surface area contributed by atoms with Crippen LogP contribution in [0.5, 0.6) is 0 Å². The Morgan fingerprint density at radius 2 is 2.48 bits per heavy atom. The molecule has 7 heteroatoms. The average molecular weight is 306 g/mol. The second-order valence-corrected chi connectivity index (χ2v) is 6.13. The van der Waals surface area contributed by atoms with Gasteiger partial charge in [-0.25, -0.2) is 4.98 Å². The Hall–Kier alpha value is -1.89. The molecule has 0 saturated heterocycles. The summed E-state index contributed by atoms with van der Waals surface area (Å²) in [6.45, 7) is 4.91. The number of rotatable bonds is 5. The standard InChI is InChI=1S/C14H18N4O2S/c1-3-20-13(19)10-4-5-11-12(10)17-14(21-11)15-6-9-7-16-18-8(9)2/h7,10H,3-6H2,1-2H3,(H,15,17)(H,16,18). The van der Waals surface area contributed by atoms with Crippen molar-refractivity contribution in [1.82, 2.24) is 15.2 Å². The van der Waals surface area contributed by atoms with Gasteiger partial charge < -0.3 is 10.1 Å². The van der Waals surface area contributed by atoms with E-state index < -0.39 is 0 Å². The predicted octanol–water partition coefficient (Wildman–Crippen LogP) is 2.38. The van der Waals surface area contributed by atoms with Gasteiger partial charge in [-0.3, -0.25) is 9.89 Å². The summed E-state index contributed by atoms with van der Waals surface area (Å²) in [7, 11) is 0. The Labute approximate surface area is 126 Å². The van der Waals surface area contributed by atoms with Crippen molar-refractivity contribution in [1.29, 1.82) is 0 Å². The maximum Gasteiger partial charge on any atom is 0.315 e. The van der Waals surface area contributed by atoms with E-state index in [2.05, 4.69) is 20.5 Å². The van der Waals surface area contributed by atoms with E-state index in [1.54, 1.807) is 11.3 Å². The van der Waals surface area contributed by atoms with Gasteiger partial charge in [-0.05, 0) is 26.7 Å². The van der Waals surface area contributed by atoms with Gasteiger partial charge in [0.1, 0.15) is 5.92 Å². The molecule has 6 nitrogen and oxygen atoms in total. The number of H-pyrrole nitrogens is 1. The van der Waals surface area contributed by atoms with Crippen LogP contribution in [0.2, 0.25) is 0 Å². The van der Waals surface area contributed by atoms with Crippen LogP contribution in [0.25, 0.3) is 0 Å². The zero-order valence-corrected chi connectivity index (χ0v) is 12.9. The summed E-state index contributed by atoms with van der Waals surface area (Å²) in [5.41, 5.74) is 3.06. The smallest absolute Gasteiger partial charge is 0.315 e. The summed E-state index contributed by atoms with van der Waals surface area (Å²) in [6, 6.07) is 0. The Morgan fingerprint density at radius 3 is 3.19 bits per heavy atom. The summed E-state index contributed by atoms with van der Waals surface area (Å²) >= 11 is 1.63. The highest BCUT2D eigenvalue weighted by Crippen LogP contribution is 2.39. The molecule has 1 atom stereocenters. The minimum atomic E-state index is -0.192. The number of carbonyl (C=O) groups excluding carboxylic acids is 1. The van der Waals surface area contributed by atoms with Crippen LogP contribution in [-0.2, 0) is 22.5 Å². The zero-order valence-electron chi connectivity index (χ0n) is 12.1. The normalized spacial score (nSPS) is 16.8. The van der Waals surface area contributed by atoms with Crippen molar-refractivity contribution in [2.24, 2.45) is 0 Å². The maximum atomic E-state index is 11.9. The predicted molar refractivity (Wildman–Crippen MR) is 80.5 cm³/mol. The van der Waals surface area contributed by atoms with Crippen molar-refractivity contribution >= 4 is 22.4 Å². The van der Waals surface area contributed by atoms with E-state index in [0.29, 0.717) is 13.2 Å². The number of aromatic nitrogens is 3. The lowest BCUT2D eigenvalue weighted by Gasteiger charge is -2.08. The lowest BCUT2D eigenvalue weighted by Crippen LogP contribution is -2.14. The minimum Gasteiger partial charge on any atom is -0.465 e. The van der Waals surface area contributed by atoms with Crippen LogP contribution in [0.15, 0.2) is 6.20 Å². The summed E-state index contributed by atoms with van der Waals surface area (Å²) in [4.78, 5) is 17.7. The molecule has 0 amide bonds. The maximum absolute atomic E-state index is 11.9. The van der Waals surface area contributed by atoms with Crippen molar-refractivity contribution < 1.29 is 9.53 Å². The molecule has 0 fully saturated rings. The fourth-order valence-electron chi connectivity index (χ4n) is 2.50. The summed E-state index contributed by atoms with van der Waals surface area (Å²) in [6.07, 6.45) is 3.53. The van der Waals surface area contributed by atoms with E-state index in [0.717, 1.165) is 34.9 Å². The molecule has 0 radical (unpaired) electrons. The minimum absolute atomic E-state index is 0.154. The van der Waals surface area contributed by atoms with Gasteiger partial charge in [-0.15, -0.1) is 11.3 Å². The molecule has 112 valence electrons. The average Bonchev–Trinajstić information content (AvgIpc) is 3.11. The largest absolute Gasteiger partial charge is 0.465 e. The molecule has 1 aliphatic carbocycles. The van der Waals surface area contributed by atoms with Gasteiger partial charge in [0.15, 0.2) is 5.13 Å². The van der Waals surface area contributed by atoms with Gasteiger partial charge in [-0.1, -0.05) is 0 Å². The fourth-order valence-corrected chi connectivity index (χ4v) is 3.53. The van der Waals surface area contributed by atoms with Crippen molar-refractivity contribution in [3.8, 4) is 0 Å². The number of hydrogen-bond acceptors (Lipinski definition) is 6. The molecule has 3 rings (SSSR count). The van der Waals surface area contributed by atoms with E-state index in [4.69, 9.17) is 4.74 Å². The van der Waals surface area contributed by atoms with Gasteiger partial charge in [0.05, 0.1) is 18.5 Å². The number of esters is 1. The molecular formula is C14H18N4O2S. The molecule has 2 heterocycles. The third kappa shape index (κ3) is 2.78. The molecule has 0 aliphatic heterocycles. The van der Waals surface area contributed by atoms with Crippen LogP contribution >= 0.6 is 11.3 Å². The number of aryl methyl sites for hydroxylation is 2. The number of anilines is 1. The Morgan fingerprint density at radius 1 is 1.62 bits per heavy atom. The van der Waals surface area contributed by atoms with Crippen LogP contribution in [0.3, 0.4) is 0 Å². The van der Waals surface area contributed by atoms with Gasteiger partial charge in [-0.2, -0.15) is 5.10 Å². The van der Waals surface area contributed by atoms with Gasteiger partial charge in [0, 0.05) is 22.7 Å². The van der Waals surface area contributed by atoms with Gasteiger partial charge in [0.25, 0.3) is 0 Å². The monoisotopic (exact) mass is 306 g/mol. The topological polar surface area (TPSA) is 79.9 Å². The van der Waals surface area contributed by atoms with Gasteiger partial charge in [0.2, 0.25) is 0 Å². The zero-order chi connectivity index (χ0) is 14.8. The SMILES string of the molecule is CCOC(=O)C1CCc2sc(NCc3cn[nH]c3C)nc21. The Bertz CT molecular complexity index is 649. The lowest BCUT2D eigenvalue weighted by atomic mass is 10.1. The van der Waals surface area contributed by atoms with E-state index in [9.17, 15) is 4.79 Å². The molecular weight excluding hydrogens is 288 g/mol. The number of ether oxygens (including phenoxy) is 1. The van der Waals surface area contributed by atoms with E-state index >= 15 is 0 Å². The number of hydrogen-bond donors (Lipinski definition) is 2. The number of thiazole rings is 1. The number of nitrogens with zero attached hydrogens (tertiary/aromatic N) is 2. The van der Waals surface area contributed by atoms with E-state index in [1.807, 2.05) is 20.0 Å². The van der Waals surface area contributed by atoms with Crippen LogP contribution in [0.4, 0.5) is 5.13 Å². The molecule has 1 aliphatic rings. The van der Waals surface area contributed by atoms with Crippen molar-refractivity contribution in [2.75, 3.05) is 11.9 Å². The van der Waals surface area contributed by atoms with E-state index in [1.165, 1.54) is 4.88 Å². The molecule has 21 heavy (non-hydrogen) atoms. The summed E-state index contributed by atoms with van der Waals surface area (Å²) in [5.74, 6) is -0.346. The molecule has 1 unspecified atom stereocenters. The summed E-state index contributed by atoms with van der Waals surface area (Å²) < 4.78 is 5.12. The number of nitrogens with one attached hydrogen (secondary N) is 2. The number of fused-ring (bicyclic) bond motifs is 1. The van der Waals surface area contributed by atoms with Crippen LogP contribution in [0.1, 0.15) is 41.1 Å². The highest BCUT2D eigenvalue weighted by Gasteiger charge is 2.33. The first-order chi connectivity index (χ1) is 10.2. The van der Waals surface area contributed by atoms with Crippen LogP contribution in [-0.4, -0.2) is 27.8 Å². The molecule has 0 spiro atoms. The number of aromatic amines is 1.